The zero-order valence-electron chi connectivity index (χ0n) is 9.93. The number of aryl methyl sites for hydroxylation is 1. The SMILES string of the molecule is Cc1ccccc1OS(=O)(=O)c1cc(F)cc(F)c1. The minimum atomic E-state index is -4.26. The van der Waals surface area contributed by atoms with Crippen LogP contribution in [-0.4, -0.2) is 8.42 Å². The molecule has 0 heterocycles. The van der Waals surface area contributed by atoms with Gasteiger partial charge < -0.3 is 4.18 Å². The van der Waals surface area contributed by atoms with E-state index < -0.39 is 26.6 Å². The van der Waals surface area contributed by atoms with Gasteiger partial charge >= 0.3 is 10.1 Å². The highest BCUT2D eigenvalue weighted by Gasteiger charge is 2.19. The van der Waals surface area contributed by atoms with Crippen LogP contribution in [0.25, 0.3) is 0 Å². The van der Waals surface area contributed by atoms with Gasteiger partial charge in [-0.2, -0.15) is 8.42 Å². The summed E-state index contributed by atoms with van der Waals surface area (Å²) in [5.41, 5.74) is 0.600. The molecule has 0 atom stereocenters. The molecule has 0 aliphatic rings. The molecule has 0 radical (unpaired) electrons. The van der Waals surface area contributed by atoms with Crippen LogP contribution in [0.1, 0.15) is 5.56 Å². The maximum absolute atomic E-state index is 13.0. The molecule has 19 heavy (non-hydrogen) atoms. The lowest BCUT2D eigenvalue weighted by Crippen LogP contribution is -2.11. The lowest BCUT2D eigenvalue weighted by atomic mass is 10.2. The number of para-hydroxylation sites is 1. The van der Waals surface area contributed by atoms with Gasteiger partial charge in [-0.1, -0.05) is 18.2 Å². The van der Waals surface area contributed by atoms with E-state index in [0.717, 1.165) is 0 Å². The number of hydrogen-bond donors (Lipinski definition) is 0. The summed E-state index contributed by atoms with van der Waals surface area (Å²) < 4.78 is 54.7. The standard InChI is InChI=1S/C13H10F2O3S/c1-9-4-2-3-5-13(9)18-19(16,17)12-7-10(14)6-11(15)8-12/h2-8H,1H3. The summed E-state index contributed by atoms with van der Waals surface area (Å²) in [6, 6.07) is 8.44. The average Bonchev–Trinajstić information content (AvgIpc) is 2.31. The Morgan fingerprint density at radius 3 is 2.16 bits per heavy atom. The molecule has 0 aliphatic heterocycles. The van der Waals surface area contributed by atoms with Gasteiger partial charge in [0.05, 0.1) is 0 Å². The van der Waals surface area contributed by atoms with Crippen molar-refractivity contribution in [2.75, 3.05) is 0 Å². The first-order valence-corrected chi connectivity index (χ1v) is 6.75. The third-order valence-corrected chi connectivity index (χ3v) is 3.63. The summed E-state index contributed by atoms with van der Waals surface area (Å²) in [5.74, 6) is -1.84. The van der Waals surface area contributed by atoms with E-state index in [4.69, 9.17) is 4.18 Å². The largest absolute Gasteiger partial charge is 0.379 e. The molecular formula is C13H10F2O3S. The van der Waals surface area contributed by atoms with E-state index in [-0.39, 0.29) is 5.75 Å². The second-order valence-electron chi connectivity index (χ2n) is 3.91. The zero-order valence-corrected chi connectivity index (χ0v) is 10.7. The Bertz CT molecular complexity index is 691. The minimum Gasteiger partial charge on any atom is -0.379 e. The van der Waals surface area contributed by atoms with Gasteiger partial charge in [-0.25, -0.2) is 8.78 Å². The van der Waals surface area contributed by atoms with Crippen LogP contribution < -0.4 is 4.18 Å². The van der Waals surface area contributed by atoms with Crippen molar-refractivity contribution in [1.29, 1.82) is 0 Å². The van der Waals surface area contributed by atoms with Crippen LogP contribution in [0.4, 0.5) is 8.78 Å². The molecule has 2 aromatic carbocycles. The van der Waals surface area contributed by atoms with Crippen molar-refractivity contribution >= 4 is 10.1 Å². The monoisotopic (exact) mass is 284 g/mol. The van der Waals surface area contributed by atoms with Crippen molar-refractivity contribution < 1.29 is 21.4 Å². The molecule has 0 aliphatic carbocycles. The first-order valence-electron chi connectivity index (χ1n) is 5.35. The van der Waals surface area contributed by atoms with Gasteiger partial charge in [0.2, 0.25) is 0 Å². The molecule has 0 unspecified atom stereocenters. The van der Waals surface area contributed by atoms with E-state index in [2.05, 4.69) is 0 Å². The molecule has 0 saturated heterocycles. The van der Waals surface area contributed by atoms with Gasteiger partial charge in [-0.3, -0.25) is 0 Å². The fraction of sp³-hybridized carbons (Fsp3) is 0.0769. The summed E-state index contributed by atoms with van der Waals surface area (Å²) in [6.45, 7) is 1.66. The number of halogens is 2. The van der Waals surface area contributed by atoms with Crippen LogP contribution >= 0.6 is 0 Å². The van der Waals surface area contributed by atoms with Crippen LogP contribution in [0.2, 0.25) is 0 Å². The smallest absolute Gasteiger partial charge is 0.339 e. The Labute approximate surface area is 109 Å². The Balaban J connectivity index is 2.41. The third kappa shape index (κ3) is 3.08. The van der Waals surface area contributed by atoms with Gasteiger partial charge in [0.15, 0.2) is 0 Å². The molecule has 0 saturated carbocycles. The van der Waals surface area contributed by atoms with Crippen LogP contribution in [-0.2, 0) is 10.1 Å². The summed E-state index contributed by atoms with van der Waals surface area (Å²) in [4.78, 5) is -0.562. The minimum absolute atomic E-state index is 0.118. The van der Waals surface area contributed by atoms with Crippen molar-refractivity contribution in [2.24, 2.45) is 0 Å². The lowest BCUT2D eigenvalue weighted by Gasteiger charge is -2.09. The Kier molecular flexibility index (Phi) is 3.53. The zero-order chi connectivity index (χ0) is 14.0. The fourth-order valence-corrected chi connectivity index (χ4v) is 2.52. The maximum Gasteiger partial charge on any atom is 0.339 e. The van der Waals surface area contributed by atoms with E-state index in [1.54, 1.807) is 25.1 Å². The predicted molar refractivity (Wildman–Crippen MR) is 65.4 cm³/mol. The van der Waals surface area contributed by atoms with E-state index in [1.807, 2.05) is 0 Å². The highest BCUT2D eigenvalue weighted by atomic mass is 32.2. The number of hydrogen-bond acceptors (Lipinski definition) is 3. The fourth-order valence-electron chi connectivity index (χ4n) is 1.49. The van der Waals surface area contributed by atoms with Gasteiger partial charge in [0.25, 0.3) is 0 Å². The molecule has 2 rings (SSSR count). The molecule has 0 spiro atoms. The van der Waals surface area contributed by atoms with E-state index in [0.29, 0.717) is 23.8 Å². The molecule has 3 nitrogen and oxygen atoms in total. The van der Waals surface area contributed by atoms with Gasteiger partial charge in [0.1, 0.15) is 22.3 Å². The highest BCUT2D eigenvalue weighted by molar-refractivity contribution is 7.87. The van der Waals surface area contributed by atoms with Crippen molar-refractivity contribution in [2.45, 2.75) is 11.8 Å². The lowest BCUT2D eigenvalue weighted by molar-refractivity contribution is 0.481. The van der Waals surface area contributed by atoms with Gasteiger partial charge in [0, 0.05) is 6.07 Å². The molecule has 100 valence electrons. The Morgan fingerprint density at radius 2 is 1.58 bits per heavy atom. The molecule has 6 heteroatoms. The summed E-state index contributed by atoms with van der Waals surface area (Å²) in [5, 5.41) is 0. The van der Waals surface area contributed by atoms with Crippen LogP contribution in [0.5, 0.6) is 5.75 Å². The second-order valence-corrected chi connectivity index (χ2v) is 5.45. The second kappa shape index (κ2) is 4.97. The van der Waals surface area contributed by atoms with Gasteiger partial charge in [-0.05, 0) is 30.7 Å². The predicted octanol–water partition coefficient (Wildman–Crippen LogP) is 3.04. The molecule has 0 aromatic heterocycles. The van der Waals surface area contributed by atoms with Crippen molar-refractivity contribution in [3.63, 3.8) is 0 Å². The molecular weight excluding hydrogens is 274 g/mol. The van der Waals surface area contributed by atoms with Crippen LogP contribution in [0, 0.1) is 18.6 Å². The number of rotatable bonds is 3. The summed E-state index contributed by atoms with van der Waals surface area (Å²) >= 11 is 0. The summed E-state index contributed by atoms with van der Waals surface area (Å²) in [7, 11) is -4.26. The van der Waals surface area contributed by atoms with Crippen molar-refractivity contribution in [1.82, 2.24) is 0 Å². The Morgan fingerprint density at radius 1 is 1.00 bits per heavy atom. The molecule has 0 N–H and O–H groups in total. The highest BCUT2D eigenvalue weighted by Crippen LogP contribution is 2.23. The molecule has 2 aromatic rings. The van der Waals surface area contributed by atoms with Crippen molar-refractivity contribution in [3.05, 3.63) is 59.7 Å². The summed E-state index contributed by atoms with van der Waals surface area (Å²) in [6.07, 6.45) is 0. The first-order chi connectivity index (χ1) is 8.88. The van der Waals surface area contributed by atoms with E-state index >= 15 is 0 Å². The Hall–Kier alpha value is -1.95. The molecule has 0 fully saturated rings. The van der Waals surface area contributed by atoms with Crippen LogP contribution in [0.15, 0.2) is 47.4 Å². The third-order valence-electron chi connectivity index (χ3n) is 2.42. The molecule has 0 bridgehead atoms. The number of benzene rings is 2. The van der Waals surface area contributed by atoms with Crippen molar-refractivity contribution in [3.8, 4) is 5.75 Å². The van der Waals surface area contributed by atoms with E-state index in [1.165, 1.54) is 6.07 Å². The first kappa shape index (κ1) is 13.5. The quantitative estimate of drug-likeness (QED) is 0.814. The van der Waals surface area contributed by atoms with Gasteiger partial charge in [-0.15, -0.1) is 0 Å². The average molecular weight is 284 g/mol. The normalized spacial score (nSPS) is 11.3. The molecule has 0 amide bonds. The maximum atomic E-state index is 13.0. The van der Waals surface area contributed by atoms with Crippen LogP contribution in [0.3, 0.4) is 0 Å². The van der Waals surface area contributed by atoms with E-state index in [9.17, 15) is 17.2 Å². The topological polar surface area (TPSA) is 43.4 Å².